The maximum absolute atomic E-state index is 11.0. The molecule has 0 aromatic heterocycles. The molecule has 1 atom stereocenters. The molecule has 1 N–H and O–H groups in total. The topological polar surface area (TPSA) is 64.4 Å². The Bertz CT molecular complexity index is 614. The Morgan fingerprint density at radius 2 is 1.95 bits per heavy atom. The van der Waals surface area contributed by atoms with Crippen LogP contribution < -0.4 is 10.1 Å². The molecular weight excluding hydrogens is 268 g/mol. The lowest BCUT2D eigenvalue weighted by Crippen LogP contribution is -2.07. The van der Waals surface area contributed by atoms with E-state index in [1.807, 2.05) is 44.2 Å². The lowest BCUT2D eigenvalue weighted by atomic mass is 10.1. The number of benzene rings is 2. The summed E-state index contributed by atoms with van der Waals surface area (Å²) in [5.74, 6) is 0.495. The first-order valence-corrected chi connectivity index (χ1v) is 6.84. The lowest BCUT2D eigenvalue weighted by Gasteiger charge is -2.16. The van der Waals surface area contributed by atoms with Gasteiger partial charge in [-0.05, 0) is 19.4 Å². The van der Waals surface area contributed by atoms with Crippen molar-refractivity contribution >= 4 is 11.4 Å². The fourth-order valence-electron chi connectivity index (χ4n) is 2.10. The molecule has 0 aliphatic rings. The van der Waals surface area contributed by atoms with Crippen molar-refractivity contribution < 1.29 is 9.66 Å². The van der Waals surface area contributed by atoms with E-state index in [2.05, 4.69) is 5.32 Å². The van der Waals surface area contributed by atoms with Crippen LogP contribution in [0.1, 0.15) is 25.5 Å². The molecule has 0 aliphatic carbocycles. The third-order valence-corrected chi connectivity index (χ3v) is 3.10. The van der Waals surface area contributed by atoms with Gasteiger partial charge in [0, 0.05) is 23.9 Å². The quantitative estimate of drug-likeness (QED) is 0.639. The Hall–Kier alpha value is -2.56. The van der Waals surface area contributed by atoms with E-state index in [0.717, 1.165) is 5.56 Å². The van der Waals surface area contributed by atoms with Crippen LogP contribution in [-0.4, -0.2) is 11.5 Å². The first-order chi connectivity index (χ1) is 10.1. The van der Waals surface area contributed by atoms with E-state index in [1.165, 1.54) is 12.1 Å². The lowest BCUT2D eigenvalue weighted by molar-refractivity contribution is -0.384. The smallest absolute Gasteiger partial charge is 0.275 e. The summed E-state index contributed by atoms with van der Waals surface area (Å²) < 4.78 is 5.38. The molecule has 0 bridgehead atoms. The number of non-ortho nitro benzene ring substituents is 1. The van der Waals surface area contributed by atoms with E-state index in [0.29, 0.717) is 18.0 Å². The third-order valence-electron chi connectivity index (χ3n) is 3.10. The molecule has 0 amide bonds. The molecular formula is C16H18N2O3. The van der Waals surface area contributed by atoms with Gasteiger partial charge >= 0.3 is 0 Å². The molecule has 0 aliphatic heterocycles. The second-order valence-electron chi connectivity index (χ2n) is 4.68. The Morgan fingerprint density at radius 1 is 1.24 bits per heavy atom. The zero-order valence-corrected chi connectivity index (χ0v) is 12.1. The van der Waals surface area contributed by atoms with E-state index >= 15 is 0 Å². The molecule has 0 heterocycles. The molecule has 0 saturated carbocycles. The summed E-state index contributed by atoms with van der Waals surface area (Å²) >= 11 is 0. The predicted octanol–water partition coefficient (Wildman–Crippen LogP) is 4.17. The highest BCUT2D eigenvalue weighted by atomic mass is 16.6. The van der Waals surface area contributed by atoms with Crippen molar-refractivity contribution in [1.29, 1.82) is 0 Å². The van der Waals surface area contributed by atoms with Crippen molar-refractivity contribution in [3.63, 3.8) is 0 Å². The zero-order chi connectivity index (χ0) is 15.2. The number of nitrogens with zero attached hydrogens (tertiary/aromatic N) is 1. The summed E-state index contributed by atoms with van der Waals surface area (Å²) in [5.41, 5.74) is 1.80. The van der Waals surface area contributed by atoms with Crippen LogP contribution in [0.25, 0.3) is 0 Å². The first-order valence-electron chi connectivity index (χ1n) is 6.84. The highest BCUT2D eigenvalue weighted by Gasteiger charge is 2.12. The van der Waals surface area contributed by atoms with Crippen LogP contribution in [0.4, 0.5) is 11.4 Å². The van der Waals surface area contributed by atoms with Crippen molar-refractivity contribution in [2.75, 3.05) is 11.9 Å². The molecule has 21 heavy (non-hydrogen) atoms. The number of rotatable bonds is 6. The largest absolute Gasteiger partial charge is 0.494 e. The summed E-state index contributed by atoms with van der Waals surface area (Å²) in [7, 11) is 0. The zero-order valence-electron chi connectivity index (χ0n) is 12.1. The van der Waals surface area contributed by atoms with Crippen molar-refractivity contribution in [2.24, 2.45) is 0 Å². The van der Waals surface area contributed by atoms with E-state index in [-0.39, 0.29) is 11.7 Å². The molecule has 0 fully saturated rings. The third kappa shape index (κ3) is 3.95. The Balaban J connectivity index is 2.24. The van der Waals surface area contributed by atoms with Crippen molar-refractivity contribution in [3.8, 4) is 5.75 Å². The molecule has 2 aromatic rings. The van der Waals surface area contributed by atoms with Crippen LogP contribution in [0.3, 0.4) is 0 Å². The molecule has 0 spiro atoms. The number of anilines is 1. The minimum Gasteiger partial charge on any atom is -0.494 e. The maximum atomic E-state index is 11.0. The van der Waals surface area contributed by atoms with Gasteiger partial charge in [0.1, 0.15) is 5.75 Å². The average Bonchev–Trinajstić information content (AvgIpc) is 2.48. The normalized spacial score (nSPS) is 11.7. The summed E-state index contributed by atoms with van der Waals surface area (Å²) in [4.78, 5) is 10.6. The average molecular weight is 286 g/mol. The van der Waals surface area contributed by atoms with E-state index in [4.69, 9.17) is 4.74 Å². The van der Waals surface area contributed by atoms with Gasteiger partial charge in [0.25, 0.3) is 5.69 Å². The summed E-state index contributed by atoms with van der Waals surface area (Å²) in [6, 6.07) is 14.7. The van der Waals surface area contributed by atoms with Crippen LogP contribution in [0.5, 0.6) is 5.75 Å². The predicted molar refractivity (Wildman–Crippen MR) is 82.7 cm³/mol. The second kappa shape index (κ2) is 6.74. The number of nitro benzene ring substituents is 1. The van der Waals surface area contributed by atoms with Crippen molar-refractivity contribution in [1.82, 2.24) is 0 Å². The van der Waals surface area contributed by atoms with Gasteiger partial charge in [-0.25, -0.2) is 0 Å². The van der Waals surface area contributed by atoms with E-state index < -0.39 is 4.92 Å². The van der Waals surface area contributed by atoms with Crippen LogP contribution in [-0.2, 0) is 0 Å². The summed E-state index contributed by atoms with van der Waals surface area (Å²) in [6.07, 6.45) is 0. The molecule has 1 unspecified atom stereocenters. The molecule has 2 rings (SSSR count). The number of hydrogen-bond acceptors (Lipinski definition) is 4. The van der Waals surface area contributed by atoms with Gasteiger partial charge < -0.3 is 10.1 Å². The standard InChI is InChI=1S/C16H18N2O3/c1-3-21-16-10-14(9-15(11-16)18(19)20)17-12(2)13-7-5-4-6-8-13/h4-12,17H,3H2,1-2H3. The first kappa shape index (κ1) is 14.8. The van der Waals surface area contributed by atoms with E-state index in [1.54, 1.807) is 6.07 Å². The molecule has 5 heteroatoms. The van der Waals surface area contributed by atoms with Gasteiger partial charge in [-0.1, -0.05) is 30.3 Å². The molecule has 0 radical (unpaired) electrons. The molecule has 2 aromatic carbocycles. The van der Waals surface area contributed by atoms with Crippen molar-refractivity contribution in [3.05, 3.63) is 64.2 Å². The SMILES string of the molecule is CCOc1cc(NC(C)c2ccccc2)cc([N+](=O)[O-])c1. The van der Waals surface area contributed by atoms with Gasteiger partial charge in [-0.2, -0.15) is 0 Å². The monoisotopic (exact) mass is 286 g/mol. The fourth-order valence-corrected chi connectivity index (χ4v) is 2.10. The molecule has 0 saturated heterocycles. The summed E-state index contributed by atoms with van der Waals surface area (Å²) in [5, 5.41) is 14.3. The highest BCUT2D eigenvalue weighted by molar-refractivity contribution is 5.57. The van der Waals surface area contributed by atoms with Gasteiger partial charge in [-0.3, -0.25) is 10.1 Å². The van der Waals surface area contributed by atoms with Crippen LogP contribution in [0.15, 0.2) is 48.5 Å². The second-order valence-corrected chi connectivity index (χ2v) is 4.68. The van der Waals surface area contributed by atoms with Gasteiger partial charge in [0.05, 0.1) is 17.6 Å². The fraction of sp³-hybridized carbons (Fsp3) is 0.250. The number of nitro groups is 1. The minimum atomic E-state index is -0.416. The van der Waals surface area contributed by atoms with Crippen LogP contribution in [0.2, 0.25) is 0 Å². The number of nitrogens with one attached hydrogen (secondary N) is 1. The van der Waals surface area contributed by atoms with Gasteiger partial charge in [0.15, 0.2) is 0 Å². The highest BCUT2D eigenvalue weighted by Crippen LogP contribution is 2.28. The van der Waals surface area contributed by atoms with E-state index in [9.17, 15) is 10.1 Å². The van der Waals surface area contributed by atoms with Gasteiger partial charge in [0.2, 0.25) is 0 Å². The number of ether oxygens (including phenoxy) is 1. The maximum Gasteiger partial charge on any atom is 0.275 e. The summed E-state index contributed by atoms with van der Waals surface area (Å²) in [6.45, 7) is 4.32. The van der Waals surface area contributed by atoms with Gasteiger partial charge in [-0.15, -0.1) is 0 Å². The molecule has 5 nitrogen and oxygen atoms in total. The Morgan fingerprint density at radius 3 is 2.57 bits per heavy atom. The number of hydrogen-bond donors (Lipinski definition) is 1. The minimum absolute atomic E-state index is 0.0173. The van der Waals surface area contributed by atoms with Crippen molar-refractivity contribution in [2.45, 2.75) is 19.9 Å². The van der Waals surface area contributed by atoms with Crippen LogP contribution in [0, 0.1) is 10.1 Å². The Kier molecular flexibility index (Phi) is 4.77. The van der Waals surface area contributed by atoms with Crippen LogP contribution >= 0.6 is 0 Å². The Labute approximate surface area is 123 Å². The molecule has 110 valence electrons.